The predicted octanol–water partition coefficient (Wildman–Crippen LogP) is 3.41. The molecule has 0 radical (unpaired) electrons. The summed E-state index contributed by atoms with van der Waals surface area (Å²) in [5.41, 5.74) is 4.29. The van der Waals surface area contributed by atoms with Gasteiger partial charge in [0.25, 0.3) is 5.91 Å². The van der Waals surface area contributed by atoms with Gasteiger partial charge in [0.2, 0.25) is 0 Å². The van der Waals surface area contributed by atoms with Gasteiger partial charge in [0, 0.05) is 31.7 Å². The average molecular weight is 537 g/mol. The number of aryl methyl sites for hydroxylation is 1. The number of hydrogen-bond acceptors (Lipinski definition) is 3. The van der Waals surface area contributed by atoms with E-state index in [2.05, 4.69) is 54.1 Å². The highest BCUT2D eigenvalue weighted by atomic mass is 127. The first-order chi connectivity index (χ1) is 14.5. The van der Waals surface area contributed by atoms with Crippen LogP contribution >= 0.6 is 24.0 Å². The molecule has 170 valence electrons. The Labute approximate surface area is 203 Å². The average Bonchev–Trinajstić information content (AvgIpc) is 2.75. The lowest BCUT2D eigenvalue weighted by Crippen LogP contribution is -2.37. The first-order valence-electron chi connectivity index (χ1n) is 10.6. The molecular weight excluding hydrogens is 501 g/mol. The Morgan fingerprint density at radius 3 is 2.39 bits per heavy atom. The third-order valence-electron chi connectivity index (χ3n) is 4.74. The zero-order valence-corrected chi connectivity index (χ0v) is 21.4. The Morgan fingerprint density at radius 2 is 1.71 bits per heavy atom. The molecule has 0 unspecified atom stereocenters. The Kier molecular flexibility index (Phi) is 12.8. The summed E-state index contributed by atoms with van der Waals surface area (Å²) in [5, 5.41) is 9.65. The van der Waals surface area contributed by atoms with E-state index in [4.69, 9.17) is 4.99 Å². The molecule has 2 aromatic carbocycles. The van der Waals surface area contributed by atoms with Gasteiger partial charge >= 0.3 is 0 Å². The van der Waals surface area contributed by atoms with Crippen molar-refractivity contribution in [2.45, 2.75) is 33.4 Å². The second-order valence-corrected chi connectivity index (χ2v) is 7.43. The zero-order valence-electron chi connectivity index (χ0n) is 19.1. The van der Waals surface area contributed by atoms with E-state index in [-0.39, 0.29) is 29.9 Å². The van der Waals surface area contributed by atoms with Crippen LogP contribution in [0, 0.1) is 0 Å². The van der Waals surface area contributed by atoms with Crippen LogP contribution < -0.4 is 16.0 Å². The highest BCUT2D eigenvalue weighted by Crippen LogP contribution is 2.09. The number of nitrogens with one attached hydrogen (secondary N) is 3. The Hall–Kier alpha value is -2.13. The molecule has 0 spiro atoms. The number of carbonyl (C=O) groups is 1. The fraction of sp³-hybridized carbons (Fsp3) is 0.417. The van der Waals surface area contributed by atoms with Crippen molar-refractivity contribution >= 4 is 35.8 Å². The van der Waals surface area contributed by atoms with Crippen molar-refractivity contribution in [2.24, 2.45) is 4.99 Å². The number of benzene rings is 2. The maximum absolute atomic E-state index is 12.3. The Balaban J connectivity index is 0.00000480. The molecule has 2 rings (SSSR count). The molecule has 0 saturated heterocycles. The van der Waals surface area contributed by atoms with Gasteiger partial charge in [0.1, 0.15) is 0 Å². The van der Waals surface area contributed by atoms with E-state index in [1.807, 2.05) is 43.3 Å². The van der Waals surface area contributed by atoms with Gasteiger partial charge in [-0.3, -0.25) is 4.79 Å². The number of nitrogens with zero attached hydrogens (tertiary/aromatic N) is 2. The van der Waals surface area contributed by atoms with Gasteiger partial charge in [-0.15, -0.1) is 24.0 Å². The number of aliphatic imine (C=N–C) groups is 1. The van der Waals surface area contributed by atoms with Crippen molar-refractivity contribution in [3.8, 4) is 0 Å². The number of amides is 1. The number of carbonyl (C=O) groups excluding carboxylic acids is 1. The molecule has 7 heteroatoms. The normalized spacial score (nSPS) is 11.1. The van der Waals surface area contributed by atoms with E-state index < -0.39 is 0 Å². The van der Waals surface area contributed by atoms with Gasteiger partial charge in [-0.05, 0) is 56.3 Å². The molecule has 31 heavy (non-hydrogen) atoms. The second kappa shape index (κ2) is 14.8. The molecule has 0 saturated carbocycles. The number of halogens is 1. The monoisotopic (exact) mass is 537 g/mol. The van der Waals surface area contributed by atoms with Crippen molar-refractivity contribution in [3.05, 3.63) is 70.8 Å². The van der Waals surface area contributed by atoms with Crippen LogP contribution in [0.3, 0.4) is 0 Å². The molecule has 0 aliphatic carbocycles. The first-order valence-corrected chi connectivity index (χ1v) is 10.6. The van der Waals surface area contributed by atoms with Crippen LogP contribution in [0.1, 0.15) is 40.9 Å². The first kappa shape index (κ1) is 26.9. The Morgan fingerprint density at radius 1 is 0.968 bits per heavy atom. The van der Waals surface area contributed by atoms with E-state index in [9.17, 15) is 4.79 Å². The minimum atomic E-state index is -0.0520. The lowest BCUT2D eigenvalue weighted by Gasteiger charge is -2.14. The van der Waals surface area contributed by atoms with Gasteiger partial charge in [0.15, 0.2) is 5.96 Å². The maximum Gasteiger partial charge on any atom is 0.251 e. The van der Waals surface area contributed by atoms with E-state index >= 15 is 0 Å². The SMILES string of the molecule is CCNC(=NCc1cccc(C(=O)NCCN(C)C)c1)NCc1ccccc1CC.I. The van der Waals surface area contributed by atoms with Gasteiger partial charge in [-0.25, -0.2) is 4.99 Å². The zero-order chi connectivity index (χ0) is 21.8. The summed E-state index contributed by atoms with van der Waals surface area (Å²) >= 11 is 0. The van der Waals surface area contributed by atoms with E-state index in [0.717, 1.165) is 37.6 Å². The fourth-order valence-electron chi connectivity index (χ4n) is 3.07. The predicted molar refractivity (Wildman–Crippen MR) is 140 cm³/mol. The Bertz CT molecular complexity index is 838. The smallest absolute Gasteiger partial charge is 0.251 e. The van der Waals surface area contributed by atoms with Crippen LogP contribution in [0.5, 0.6) is 0 Å². The van der Waals surface area contributed by atoms with Crippen LogP contribution in [0.15, 0.2) is 53.5 Å². The molecule has 0 heterocycles. The molecule has 0 fully saturated rings. The highest BCUT2D eigenvalue weighted by Gasteiger charge is 2.06. The molecule has 6 nitrogen and oxygen atoms in total. The molecule has 0 bridgehead atoms. The van der Waals surface area contributed by atoms with Crippen molar-refractivity contribution in [1.82, 2.24) is 20.9 Å². The van der Waals surface area contributed by atoms with Crippen molar-refractivity contribution in [3.63, 3.8) is 0 Å². The van der Waals surface area contributed by atoms with Crippen molar-refractivity contribution in [2.75, 3.05) is 33.7 Å². The molecule has 3 N–H and O–H groups in total. The van der Waals surface area contributed by atoms with E-state index in [1.165, 1.54) is 11.1 Å². The van der Waals surface area contributed by atoms with Crippen molar-refractivity contribution in [1.29, 1.82) is 0 Å². The van der Waals surface area contributed by atoms with E-state index in [1.54, 1.807) is 0 Å². The third-order valence-corrected chi connectivity index (χ3v) is 4.74. The summed E-state index contributed by atoms with van der Waals surface area (Å²) in [5.74, 6) is 0.716. The molecule has 0 aromatic heterocycles. The fourth-order valence-corrected chi connectivity index (χ4v) is 3.07. The summed E-state index contributed by atoms with van der Waals surface area (Å²) in [6.45, 7) is 7.68. The van der Waals surface area contributed by atoms with Gasteiger partial charge in [0.05, 0.1) is 6.54 Å². The van der Waals surface area contributed by atoms with Crippen LogP contribution in [0.25, 0.3) is 0 Å². The summed E-state index contributed by atoms with van der Waals surface area (Å²) in [6.07, 6.45) is 1.01. The van der Waals surface area contributed by atoms with Crippen molar-refractivity contribution < 1.29 is 4.79 Å². The quantitative estimate of drug-likeness (QED) is 0.247. The van der Waals surface area contributed by atoms with Crippen LogP contribution in [-0.2, 0) is 19.5 Å². The maximum atomic E-state index is 12.3. The summed E-state index contributed by atoms with van der Waals surface area (Å²) < 4.78 is 0. The van der Waals surface area contributed by atoms with Gasteiger partial charge < -0.3 is 20.9 Å². The number of rotatable bonds is 10. The molecule has 0 atom stereocenters. The molecular formula is C24H36IN5O. The van der Waals surface area contributed by atoms with Crippen LogP contribution in [-0.4, -0.2) is 50.5 Å². The largest absolute Gasteiger partial charge is 0.357 e. The summed E-state index contributed by atoms with van der Waals surface area (Å²) in [6, 6.07) is 16.1. The second-order valence-electron chi connectivity index (χ2n) is 7.43. The minimum absolute atomic E-state index is 0. The highest BCUT2D eigenvalue weighted by molar-refractivity contribution is 14.0. The van der Waals surface area contributed by atoms with Gasteiger partial charge in [-0.1, -0.05) is 43.3 Å². The third kappa shape index (κ3) is 9.69. The number of hydrogen-bond donors (Lipinski definition) is 3. The summed E-state index contributed by atoms with van der Waals surface area (Å²) in [7, 11) is 3.98. The van der Waals surface area contributed by atoms with Gasteiger partial charge in [-0.2, -0.15) is 0 Å². The number of guanidine groups is 1. The lowest BCUT2D eigenvalue weighted by atomic mass is 10.1. The summed E-state index contributed by atoms with van der Waals surface area (Å²) in [4.78, 5) is 19.1. The molecule has 0 aliphatic rings. The standard InChI is InChI=1S/C24H35N5O.HI/c1-5-20-11-7-8-12-22(20)18-28-24(25-6-2)27-17-19-10-9-13-21(16-19)23(30)26-14-15-29(3)4;/h7-13,16H,5-6,14-15,17-18H2,1-4H3,(H,26,30)(H2,25,27,28);1H. The van der Waals surface area contributed by atoms with Crippen LogP contribution in [0.2, 0.25) is 0 Å². The molecule has 0 aliphatic heterocycles. The molecule has 2 aromatic rings. The van der Waals surface area contributed by atoms with Crippen LogP contribution in [0.4, 0.5) is 0 Å². The number of likely N-dealkylation sites (N-methyl/N-ethyl adjacent to an activating group) is 1. The lowest BCUT2D eigenvalue weighted by molar-refractivity contribution is 0.0951. The van der Waals surface area contributed by atoms with E-state index in [0.29, 0.717) is 18.7 Å². The minimum Gasteiger partial charge on any atom is -0.357 e. The topological polar surface area (TPSA) is 68.8 Å². The molecule has 1 amide bonds.